The maximum atomic E-state index is 11.8. The van der Waals surface area contributed by atoms with Crippen LogP contribution < -0.4 is 4.74 Å². The summed E-state index contributed by atoms with van der Waals surface area (Å²) in [4.78, 5) is 20.7. The normalized spacial score (nSPS) is 19.9. The first-order valence-electron chi connectivity index (χ1n) is 12.3. The van der Waals surface area contributed by atoms with Crippen molar-refractivity contribution < 1.29 is 19.4 Å². The van der Waals surface area contributed by atoms with Gasteiger partial charge in [-0.3, -0.25) is 0 Å². The van der Waals surface area contributed by atoms with Crippen molar-refractivity contribution >= 4 is 14.0 Å². The average Bonchev–Trinajstić information content (AvgIpc) is 3.54. The van der Waals surface area contributed by atoms with Gasteiger partial charge in [-0.1, -0.05) is 89.0 Å². The van der Waals surface area contributed by atoms with Gasteiger partial charge in [0.1, 0.15) is 6.10 Å². The van der Waals surface area contributed by atoms with Crippen LogP contribution in [0.4, 0.5) is 0 Å². The molecule has 0 saturated carbocycles. The molecule has 2 aromatic rings. The minimum absolute atomic E-state index is 0.261. The maximum absolute atomic E-state index is 11.8. The fourth-order valence-corrected chi connectivity index (χ4v) is 7.13. The molecule has 0 unspecified atom stereocenters. The predicted molar refractivity (Wildman–Crippen MR) is 133 cm³/mol. The Balaban J connectivity index is 1.50. The van der Waals surface area contributed by atoms with E-state index in [1.807, 2.05) is 19.1 Å². The van der Waals surface area contributed by atoms with E-state index >= 15 is 0 Å². The molecule has 1 aliphatic heterocycles. The molecule has 7 heteroatoms. The Bertz CT molecular complexity index is 902. The summed E-state index contributed by atoms with van der Waals surface area (Å²) in [5.41, 5.74) is 0.289. The summed E-state index contributed by atoms with van der Waals surface area (Å²) >= 11 is 0. The molecule has 2 atom stereocenters. The second kappa shape index (κ2) is 11.2. The molecule has 1 aromatic heterocycles. The van der Waals surface area contributed by atoms with Crippen LogP contribution in [0.3, 0.4) is 0 Å². The lowest BCUT2D eigenvalue weighted by atomic mass is 9.92. The lowest BCUT2D eigenvalue weighted by Crippen LogP contribution is -2.24. The van der Waals surface area contributed by atoms with Crippen molar-refractivity contribution in [1.29, 1.82) is 0 Å². The number of hydrogen-bond donors (Lipinski definition) is 1. The van der Waals surface area contributed by atoms with Gasteiger partial charge in [-0.05, 0) is 18.4 Å². The Hall–Kier alpha value is -2.25. The highest BCUT2D eigenvalue weighted by atomic mass is 28.3. The quantitative estimate of drug-likeness (QED) is 0.198. The lowest BCUT2D eigenvalue weighted by molar-refractivity contribution is -0.143. The molecule has 1 saturated heterocycles. The van der Waals surface area contributed by atoms with Gasteiger partial charge < -0.3 is 14.6 Å². The van der Waals surface area contributed by atoms with Gasteiger partial charge in [0.15, 0.2) is 11.6 Å². The van der Waals surface area contributed by atoms with Crippen molar-refractivity contribution in [3.05, 3.63) is 42.2 Å². The van der Waals surface area contributed by atoms with Gasteiger partial charge in [0.2, 0.25) is 5.60 Å². The van der Waals surface area contributed by atoms with E-state index in [4.69, 9.17) is 9.47 Å². The highest BCUT2D eigenvalue weighted by Crippen LogP contribution is 2.49. The maximum Gasteiger partial charge on any atom is 0.343 e. The second-order valence-corrected chi connectivity index (χ2v) is 15.2. The summed E-state index contributed by atoms with van der Waals surface area (Å²) in [6.45, 7) is 9.96. The molecule has 180 valence electrons. The third kappa shape index (κ3) is 6.42. The largest absolute Gasteiger partial charge is 0.490 e. The second-order valence-electron chi connectivity index (χ2n) is 9.83. The van der Waals surface area contributed by atoms with Gasteiger partial charge in [-0.15, -0.1) is 0 Å². The average molecular weight is 471 g/mol. The molecule has 6 nitrogen and oxygen atoms in total. The zero-order valence-electron chi connectivity index (χ0n) is 20.5. The first kappa shape index (κ1) is 25.4. The summed E-state index contributed by atoms with van der Waals surface area (Å²) < 4.78 is 11.4. The number of aromatic nitrogens is 2. The van der Waals surface area contributed by atoms with Crippen molar-refractivity contribution in [1.82, 2.24) is 9.97 Å². The molecule has 0 spiro atoms. The van der Waals surface area contributed by atoms with E-state index < -0.39 is 19.6 Å². The van der Waals surface area contributed by atoms with Crippen molar-refractivity contribution in [3.8, 4) is 17.1 Å². The molecule has 0 amide bonds. The van der Waals surface area contributed by atoms with Crippen molar-refractivity contribution in [3.63, 3.8) is 0 Å². The molecular weight excluding hydrogens is 432 g/mol. The standard InChI is InChI=1S/C26H38N2O4Si/c1-5-7-16-33(3,4)17-9-8-15-31-22-18-27-24(28-19-22)20-11-13-21(14-12-20)26(25(29)30)23(32-26)10-6-2/h11-14,18-19,23H,5-10,15-17H2,1-4H3,(H,29,30)/t23-,26-/m1/s1. The third-order valence-corrected chi connectivity index (χ3v) is 9.93. The number of rotatable bonds is 14. The van der Waals surface area contributed by atoms with E-state index in [2.05, 4.69) is 30.0 Å². The Kier molecular flexibility index (Phi) is 8.65. The van der Waals surface area contributed by atoms with E-state index in [0.29, 0.717) is 23.7 Å². The fraction of sp³-hybridized carbons (Fsp3) is 0.577. The van der Waals surface area contributed by atoms with Crippen LogP contribution in [0, 0.1) is 0 Å². The summed E-state index contributed by atoms with van der Waals surface area (Å²) in [5, 5.41) is 9.69. The Morgan fingerprint density at radius 2 is 1.73 bits per heavy atom. The topological polar surface area (TPSA) is 84.8 Å². The molecule has 1 aliphatic rings. The lowest BCUT2D eigenvalue weighted by Gasteiger charge is -2.21. The first-order valence-corrected chi connectivity index (χ1v) is 15.7. The van der Waals surface area contributed by atoms with E-state index in [1.54, 1.807) is 24.5 Å². The molecule has 3 rings (SSSR count). The number of epoxide rings is 1. The monoisotopic (exact) mass is 470 g/mol. The van der Waals surface area contributed by atoms with Gasteiger partial charge in [0.25, 0.3) is 0 Å². The van der Waals surface area contributed by atoms with Crippen molar-refractivity contribution in [2.45, 2.75) is 89.3 Å². The fourth-order valence-electron chi connectivity index (χ4n) is 4.36. The van der Waals surface area contributed by atoms with Crippen LogP contribution in [0.1, 0.15) is 57.9 Å². The highest BCUT2D eigenvalue weighted by molar-refractivity contribution is 6.77. The molecule has 2 heterocycles. The van der Waals surface area contributed by atoms with Crippen molar-refractivity contribution in [2.75, 3.05) is 6.61 Å². The van der Waals surface area contributed by atoms with Crippen LogP contribution in [0.5, 0.6) is 5.75 Å². The zero-order chi connectivity index (χ0) is 23.9. The van der Waals surface area contributed by atoms with E-state index in [9.17, 15) is 9.90 Å². The molecule has 1 fully saturated rings. The van der Waals surface area contributed by atoms with Crippen LogP contribution in [-0.2, 0) is 15.1 Å². The Morgan fingerprint density at radius 3 is 2.33 bits per heavy atom. The van der Waals surface area contributed by atoms with E-state index in [1.165, 1.54) is 31.4 Å². The molecule has 1 N–H and O–H groups in total. The number of unbranched alkanes of at least 4 members (excludes halogenated alkanes) is 2. The van der Waals surface area contributed by atoms with Gasteiger partial charge in [-0.25, -0.2) is 14.8 Å². The number of aliphatic carboxylic acids is 1. The molecule has 0 radical (unpaired) electrons. The van der Waals surface area contributed by atoms with Gasteiger partial charge in [0, 0.05) is 13.6 Å². The van der Waals surface area contributed by atoms with Crippen LogP contribution in [0.25, 0.3) is 11.4 Å². The number of hydrogen-bond acceptors (Lipinski definition) is 5. The number of carboxylic acid groups (broad SMARTS) is 1. The first-order chi connectivity index (χ1) is 15.8. The highest BCUT2D eigenvalue weighted by Gasteiger charge is 2.63. The van der Waals surface area contributed by atoms with Crippen LogP contribution in [-0.4, -0.2) is 41.8 Å². The van der Waals surface area contributed by atoms with Crippen LogP contribution >= 0.6 is 0 Å². The summed E-state index contributed by atoms with van der Waals surface area (Å²) in [7, 11) is -1.05. The number of carbonyl (C=O) groups is 1. The molecular formula is C26H38N2O4Si. The Morgan fingerprint density at radius 1 is 1.06 bits per heavy atom. The minimum Gasteiger partial charge on any atom is -0.490 e. The number of carboxylic acids is 1. The Labute approximate surface area is 198 Å². The smallest absolute Gasteiger partial charge is 0.343 e. The molecule has 0 aliphatic carbocycles. The summed E-state index contributed by atoms with van der Waals surface area (Å²) in [6, 6.07) is 10.1. The third-order valence-electron chi connectivity index (χ3n) is 6.52. The number of ether oxygens (including phenoxy) is 2. The van der Waals surface area contributed by atoms with Gasteiger partial charge in [0.05, 0.1) is 19.0 Å². The molecule has 0 bridgehead atoms. The van der Waals surface area contributed by atoms with E-state index in [0.717, 1.165) is 24.8 Å². The van der Waals surface area contributed by atoms with Crippen LogP contribution in [0.2, 0.25) is 25.2 Å². The van der Waals surface area contributed by atoms with Crippen LogP contribution in [0.15, 0.2) is 36.7 Å². The van der Waals surface area contributed by atoms with Gasteiger partial charge >= 0.3 is 5.97 Å². The molecule has 33 heavy (non-hydrogen) atoms. The van der Waals surface area contributed by atoms with E-state index in [-0.39, 0.29) is 6.10 Å². The summed E-state index contributed by atoms with van der Waals surface area (Å²) in [5.74, 6) is 0.332. The summed E-state index contributed by atoms with van der Waals surface area (Å²) in [6.07, 6.45) is 9.69. The zero-order valence-corrected chi connectivity index (χ0v) is 21.5. The number of benzene rings is 1. The van der Waals surface area contributed by atoms with Crippen molar-refractivity contribution in [2.24, 2.45) is 0 Å². The number of nitrogens with zero attached hydrogens (tertiary/aromatic N) is 2. The molecule has 1 aromatic carbocycles. The predicted octanol–water partition coefficient (Wildman–Crippen LogP) is 6.29. The minimum atomic E-state index is -1.21. The SMILES string of the molecule is CCCC[Si](C)(C)CCCCOc1cnc(-c2ccc([C@@]3(C(=O)O)O[C@@H]3CCC)cc2)nc1. The van der Waals surface area contributed by atoms with Gasteiger partial charge in [-0.2, -0.15) is 0 Å².